The van der Waals surface area contributed by atoms with Gasteiger partial charge in [0.2, 0.25) is 0 Å². The number of likely N-dealkylation sites (tertiary alicyclic amines) is 1. The first kappa shape index (κ1) is 8.74. The molecule has 1 fully saturated rings. The Labute approximate surface area is 76.6 Å². The molecule has 1 saturated heterocycles. The molecule has 0 saturated carbocycles. The molecule has 0 radical (unpaired) electrons. The molecule has 60 valence electrons. The largest absolute Gasteiger partial charge is 0.316 e. The van der Waals surface area contributed by atoms with Crippen molar-refractivity contribution in [2.75, 3.05) is 26.7 Å². The van der Waals surface area contributed by atoms with Crippen LogP contribution < -0.4 is 0 Å². The Kier molecular flexibility index (Phi) is 3.95. The normalized spacial score (nSPS) is 23.4. The molecule has 0 aliphatic carbocycles. The SMILES string of the molecule is CN1CCC(COI)CC1. The first-order chi connectivity index (χ1) is 4.83. The molecule has 0 aromatic carbocycles. The molecule has 1 heterocycles. The first-order valence-electron chi connectivity index (χ1n) is 3.75. The lowest BCUT2D eigenvalue weighted by Crippen LogP contribution is -2.31. The van der Waals surface area contributed by atoms with Gasteiger partial charge in [-0.25, -0.2) is 0 Å². The predicted octanol–water partition coefficient (Wildman–Crippen LogP) is 1.69. The topological polar surface area (TPSA) is 12.5 Å². The van der Waals surface area contributed by atoms with Crippen LogP contribution in [0.3, 0.4) is 0 Å². The summed E-state index contributed by atoms with van der Waals surface area (Å²) in [6.45, 7) is 3.42. The Hall–Kier alpha value is 0.650. The average molecular weight is 255 g/mol. The maximum atomic E-state index is 5.07. The molecule has 0 aromatic heterocycles. The van der Waals surface area contributed by atoms with E-state index in [1.807, 2.05) is 23.0 Å². The molecule has 1 aliphatic heterocycles. The molecule has 0 atom stereocenters. The van der Waals surface area contributed by atoms with Gasteiger partial charge in [-0.05, 0) is 38.9 Å². The van der Waals surface area contributed by atoms with Gasteiger partial charge in [-0.15, -0.1) is 0 Å². The Morgan fingerprint density at radius 3 is 2.60 bits per heavy atom. The molecule has 1 aliphatic rings. The summed E-state index contributed by atoms with van der Waals surface area (Å²) in [7, 11) is 2.18. The number of rotatable bonds is 2. The highest BCUT2D eigenvalue weighted by Gasteiger charge is 2.15. The summed E-state index contributed by atoms with van der Waals surface area (Å²) in [5.74, 6) is 0.813. The number of nitrogens with zero attached hydrogens (tertiary/aromatic N) is 1. The Morgan fingerprint density at radius 1 is 1.50 bits per heavy atom. The summed E-state index contributed by atoms with van der Waals surface area (Å²) in [4.78, 5) is 2.38. The van der Waals surface area contributed by atoms with E-state index in [0.717, 1.165) is 12.5 Å². The van der Waals surface area contributed by atoms with E-state index in [9.17, 15) is 0 Å². The third-order valence-corrected chi connectivity index (χ3v) is 2.50. The fourth-order valence-electron chi connectivity index (χ4n) is 1.32. The van der Waals surface area contributed by atoms with Crippen LogP contribution in [-0.4, -0.2) is 31.6 Å². The highest BCUT2D eigenvalue weighted by Crippen LogP contribution is 2.16. The lowest BCUT2D eigenvalue weighted by Gasteiger charge is -2.27. The molecule has 0 amide bonds. The number of halogens is 1. The fraction of sp³-hybridized carbons (Fsp3) is 1.00. The summed E-state index contributed by atoms with van der Waals surface area (Å²) in [6, 6.07) is 0. The quantitative estimate of drug-likeness (QED) is 0.696. The molecular weight excluding hydrogens is 241 g/mol. The standard InChI is InChI=1S/C7H14INO/c1-9-4-2-7(3-5-9)6-10-8/h7H,2-6H2,1H3. The molecule has 0 spiro atoms. The Morgan fingerprint density at radius 2 is 2.10 bits per heavy atom. The van der Waals surface area contributed by atoms with Crippen molar-refractivity contribution >= 4 is 23.0 Å². The van der Waals surface area contributed by atoms with Gasteiger partial charge in [-0.3, -0.25) is 0 Å². The third-order valence-electron chi connectivity index (χ3n) is 2.14. The van der Waals surface area contributed by atoms with Gasteiger partial charge in [0.15, 0.2) is 0 Å². The summed E-state index contributed by atoms with van der Waals surface area (Å²) in [5.41, 5.74) is 0. The lowest BCUT2D eigenvalue weighted by molar-refractivity contribution is 0.183. The van der Waals surface area contributed by atoms with E-state index >= 15 is 0 Å². The second-order valence-electron chi connectivity index (χ2n) is 3.02. The van der Waals surface area contributed by atoms with Gasteiger partial charge in [-0.2, -0.15) is 0 Å². The van der Waals surface area contributed by atoms with E-state index in [-0.39, 0.29) is 0 Å². The maximum Gasteiger partial charge on any atom is 0.109 e. The van der Waals surface area contributed by atoms with Crippen LogP contribution in [0.5, 0.6) is 0 Å². The smallest absolute Gasteiger partial charge is 0.109 e. The molecule has 2 nitrogen and oxygen atoms in total. The Bertz CT molecular complexity index is 91.6. The minimum atomic E-state index is 0.813. The first-order valence-corrected chi connectivity index (χ1v) is 4.63. The van der Waals surface area contributed by atoms with Crippen LogP contribution in [-0.2, 0) is 3.07 Å². The second kappa shape index (κ2) is 4.51. The monoisotopic (exact) mass is 255 g/mol. The van der Waals surface area contributed by atoms with Crippen LogP contribution >= 0.6 is 23.0 Å². The van der Waals surface area contributed by atoms with Gasteiger partial charge >= 0.3 is 0 Å². The molecule has 0 unspecified atom stereocenters. The number of hydrogen-bond acceptors (Lipinski definition) is 2. The van der Waals surface area contributed by atoms with Gasteiger partial charge in [0, 0.05) is 0 Å². The van der Waals surface area contributed by atoms with Crippen molar-refractivity contribution in [2.24, 2.45) is 5.92 Å². The van der Waals surface area contributed by atoms with Gasteiger partial charge in [-0.1, -0.05) is 0 Å². The zero-order chi connectivity index (χ0) is 7.40. The van der Waals surface area contributed by atoms with E-state index < -0.39 is 0 Å². The Balaban J connectivity index is 2.13. The van der Waals surface area contributed by atoms with E-state index in [0.29, 0.717) is 0 Å². The molecular formula is C7H14INO. The van der Waals surface area contributed by atoms with Crippen LogP contribution in [0.2, 0.25) is 0 Å². The minimum Gasteiger partial charge on any atom is -0.316 e. The highest BCUT2D eigenvalue weighted by molar-refractivity contribution is 14.1. The van der Waals surface area contributed by atoms with E-state index in [4.69, 9.17) is 3.07 Å². The third kappa shape index (κ3) is 2.72. The van der Waals surface area contributed by atoms with Crippen LogP contribution in [0.15, 0.2) is 0 Å². The molecule has 0 aromatic rings. The van der Waals surface area contributed by atoms with Crippen molar-refractivity contribution in [1.29, 1.82) is 0 Å². The van der Waals surface area contributed by atoms with Gasteiger partial charge in [0.25, 0.3) is 0 Å². The van der Waals surface area contributed by atoms with Crippen molar-refractivity contribution in [2.45, 2.75) is 12.8 Å². The van der Waals surface area contributed by atoms with Crippen molar-refractivity contribution in [3.05, 3.63) is 0 Å². The maximum absolute atomic E-state index is 5.07. The van der Waals surface area contributed by atoms with Crippen LogP contribution in [0.25, 0.3) is 0 Å². The molecule has 10 heavy (non-hydrogen) atoms. The minimum absolute atomic E-state index is 0.813. The zero-order valence-electron chi connectivity index (χ0n) is 6.35. The van der Waals surface area contributed by atoms with Crippen molar-refractivity contribution < 1.29 is 3.07 Å². The molecule has 0 bridgehead atoms. The number of piperidine rings is 1. The van der Waals surface area contributed by atoms with E-state index in [2.05, 4.69) is 11.9 Å². The summed E-state index contributed by atoms with van der Waals surface area (Å²) in [6.07, 6.45) is 2.61. The van der Waals surface area contributed by atoms with Crippen LogP contribution in [0.4, 0.5) is 0 Å². The summed E-state index contributed by atoms with van der Waals surface area (Å²) < 4.78 is 5.07. The second-order valence-corrected chi connectivity index (χ2v) is 3.65. The van der Waals surface area contributed by atoms with Crippen molar-refractivity contribution in [3.8, 4) is 0 Å². The number of hydrogen-bond donors (Lipinski definition) is 0. The lowest BCUT2D eigenvalue weighted by atomic mass is 9.98. The van der Waals surface area contributed by atoms with Gasteiger partial charge in [0.05, 0.1) is 6.61 Å². The summed E-state index contributed by atoms with van der Waals surface area (Å²) >= 11 is 1.98. The van der Waals surface area contributed by atoms with Gasteiger partial charge in [0.1, 0.15) is 23.0 Å². The fourth-order valence-corrected chi connectivity index (χ4v) is 1.83. The van der Waals surface area contributed by atoms with E-state index in [1.165, 1.54) is 25.9 Å². The molecule has 0 N–H and O–H groups in total. The van der Waals surface area contributed by atoms with Crippen LogP contribution in [0.1, 0.15) is 12.8 Å². The predicted molar refractivity (Wildman–Crippen MR) is 50.2 cm³/mol. The van der Waals surface area contributed by atoms with E-state index in [1.54, 1.807) is 0 Å². The average Bonchev–Trinajstić information content (AvgIpc) is 1.95. The molecule has 1 rings (SSSR count). The van der Waals surface area contributed by atoms with Crippen molar-refractivity contribution in [3.63, 3.8) is 0 Å². The van der Waals surface area contributed by atoms with Crippen LogP contribution in [0, 0.1) is 5.92 Å². The van der Waals surface area contributed by atoms with Crippen molar-refractivity contribution in [1.82, 2.24) is 4.90 Å². The zero-order valence-corrected chi connectivity index (χ0v) is 8.50. The van der Waals surface area contributed by atoms with Gasteiger partial charge < -0.3 is 7.97 Å². The summed E-state index contributed by atoms with van der Waals surface area (Å²) in [5, 5.41) is 0. The molecule has 3 heteroatoms. The highest BCUT2D eigenvalue weighted by atomic mass is 127.